The van der Waals surface area contributed by atoms with Gasteiger partial charge in [0.05, 0.1) is 11.3 Å². The molecular weight excluding hydrogens is 338 g/mol. The first-order chi connectivity index (χ1) is 10.9. The van der Waals surface area contributed by atoms with E-state index < -0.39 is 10.0 Å². The van der Waals surface area contributed by atoms with Crippen LogP contribution in [0.25, 0.3) is 16.9 Å². The number of primary sulfonamides is 1. The highest BCUT2D eigenvalue weighted by atomic mass is 35.5. The van der Waals surface area contributed by atoms with Crippen molar-refractivity contribution in [3.8, 4) is 11.1 Å². The summed E-state index contributed by atoms with van der Waals surface area (Å²) >= 11 is 5.89. The van der Waals surface area contributed by atoms with Crippen molar-refractivity contribution in [3.63, 3.8) is 0 Å². The fourth-order valence-electron chi connectivity index (χ4n) is 2.43. The number of cyclic esters (lactones) is 1. The van der Waals surface area contributed by atoms with Gasteiger partial charge >= 0.3 is 5.97 Å². The van der Waals surface area contributed by atoms with Gasteiger partial charge in [0.15, 0.2) is 0 Å². The molecule has 0 aromatic heterocycles. The van der Waals surface area contributed by atoms with Crippen LogP contribution < -0.4 is 5.14 Å². The molecule has 2 aromatic carbocycles. The van der Waals surface area contributed by atoms with E-state index in [1.165, 1.54) is 6.07 Å². The van der Waals surface area contributed by atoms with Gasteiger partial charge in [-0.3, -0.25) is 4.79 Å². The molecule has 3 rings (SSSR count). The SMILES string of the molecule is NS(=O)(=O)c1cccc(C2=CCC(=O)O2)c1-c1ccc(Cl)cc1. The fourth-order valence-corrected chi connectivity index (χ4v) is 3.34. The Bertz CT molecular complexity index is 918. The summed E-state index contributed by atoms with van der Waals surface area (Å²) < 4.78 is 29.1. The molecule has 1 heterocycles. The fraction of sp³-hybridized carbons (Fsp3) is 0.0625. The average molecular weight is 350 g/mol. The van der Waals surface area contributed by atoms with Crippen LogP contribution in [0.15, 0.2) is 53.4 Å². The van der Waals surface area contributed by atoms with Crippen LogP contribution in [0.4, 0.5) is 0 Å². The summed E-state index contributed by atoms with van der Waals surface area (Å²) in [5, 5.41) is 5.86. The Hall–Kier alpha value is -2.15. The highest BCUT2D eigenvalue weighted by molar-refractivity contribution is 7.89. The van der Waals surface area contributed by atoms with Crippen molar-refractivity contribution in [2.24, 2.45) is 5.14 Å². The zero-order valence-corrected chi connectivity index (χ0v) is 13.4. The lowest BCUT2D eigenvalue weighted by atomic mass is 9.98. The molecule has 7 heteroatoms. The van der Waals surface area contributed by atoms with Crippen LogP contribution in [0.3, 0.4) is 0 Å². The zero-order valence-electron chi connectivity index (χ0n) is 11.8. The molecule has 0 atom stereocenters. The Labute approximate surface area is 138 Å². The van der Waals surface area contributed by atoms with E-state index in [1.54, 1.807) is 42.5 Å². The molecule has 0 unspecified atom stereocenters. The van der Waals surface area contributed by atoms with E-state index in [1.807, 2.05) is 0 Å². The molecule has 0 saturated heterocycles. The molecule has 5 nitrogen and oxygen atoms in total. The Morgan fingerprint density at radius 3 is 2.35 bits per heavy atom. The van der Waals surface area contributed by atoms with Crippen molar-refractivity contribution >= 4 is 33.4 Å². The van der Waals surface area contributed by atoms with Gasteiger partial charge in [0.25, 0.3) is 0 Å². The molecule has 0 spiro atoms. The maximum Gasteiger partial charge on any atom is 0.315 e. The third kappa shape index (κ3) is 3.14. The molecule has 0 fully saturated rings. The number of hydrogen-bond donors (Lipinski definition) is 1. The predicted octanol–water partition coefficient (Wildman–Crippen LogP) is 2.94. The van der Waals surface area contributed by atoms with Crippen molar-refractivity contribution < 1.29 is 17.9 Å². The third-order valence-corrected chi connectivity index (χ3v) is 4.61. The summed E-state index contributed by atoms with van der Waals surface area (Å²) in [6, 6.07) is 11.3. The minimum Gasteiger partial charge on any atom is -0.426 e. The summed E-state index contributed by atoms with van der Waals surface area (Å²) in [5.41, 5.74) is 1.48. The molecule has 0 aliphatic carbocycles. The quantitative estimate of drug-likeness (QED) is 0.863. The van der Waals surface area contributed by atoms with Crippen molar-refractivity contribution in [2.45, 2.75) is 11.3 Å². The van der Waals surface area contributed by atoms with Crippen LogP contribution in [-0.2, 0) is 19.6 Å². The number of esters is 1. The largest absolute Gasteiger partial charge is 0.426 e. The molecule has 1 aliphatic rings. The normalized spacial score (nSPS) is 14.5. The van der Waals surface area contributed by atoms with Gasteiger partial charge in [0.1, 0.15) is 5.76 Å². The Morgan fingerprint density at radius 1 is 1.09 bits per heavy atom. The van der Waals surface area contributed by atoms with Crippen molar-refractivity contribution in [1.82, 2.24) is 0 Å². The smallest absolute Gasteiger partial charge is 0.315 e. The van der Waals surface area contributed by atoms with Crippen molar-refractivity contribution in [1.29, 1.82) is 0 Å². The van der Waals surface area contributed by atoms with E-state index in [9.17, 15) is 13.2 Å². The van der Waals surface area contributed by atoms with Crippen LogP contribution in [0, 0.1) is 0 Å². The molecular formula is C16H12ClNO4S. The summed E-state index contributed by atoms with van der Waals surface area (Å²) in [4.78, 5) is 11.3. The molecule has 2 N–H and O–H groups in total. The summed E-state index contributed by atoms with van der Waals surface area (Å²) in [6.07, 6.45) is 1.76. The van der Waals surface area contributed by atoms with Gasteiger partial charge < -0.3 is 4.74 Å². The standard InChI is InChI=1S/C16H12ClNO4S/c17-11-6-4-10(5-7-11)16-12(13-8-9-15(19)22-13)2-1-3-14(16)23(18,20)21/h1-8H,9H2,(H2,18,20,21). The van der Waals surface area contributed by atoms with Crippen LogP contribution in [-0.4, -0.2) is 14.4 Å². The minimum absolute atomic E-state index is 0.0406. The van der Waals surface area contributed by atoms with Gasteiger partial charge in [0.2, 0.25) is 10.0 Å². The molecule has 0 radical (unpaired) electrons. The number of rotatable bonds is 3. The number of halogens is 1. The first-order valence-electron chi connectivity index (χ1n) is 6.69. The maximum atomic E-state index is 11.9. The summed E-state index contributed by atoms with van der Waals surface area (Å²) in [6.45, 7) is 0. The predicted molar refractivity (Wildman–Crippen MR) is 86.9 cm³/mol. The Morgan fingerprint density at radius 2 is 1.78 bits per heavy atom. The van der Waals surface area contributed by atoms with E-state index in [0.29, 0.717) is 27.5 Å². The lowest BCUT2D eigenvalue weighted by Gasteiger charge is -2.14. The van der Waals surface area contributed by atoms with Gasteiger partial charge in [0, 0.05) is 16.1 Å². The van der Waals surface area contributed by atoms with Gasteiger partial charge in [-0.1, -0.05) is 35.9 Å². The second kappa shape index (κ2) is 5.81. The van der Waals surface area contributed by atoms with Gasteiger partial charge in [-0.05, 0) is 29.8 Å². The third-order valence-electron chi connectivity index (χ3n) is 3.41. The molecule has 1 aliphatic heterocycles. The van der Waals surface area contributed by atoms with Gasteiger partial charge in [-0.2, -0.15) is 0 Å². The molecule has 2 aromatic rings. The number of benzene rings is 2. The van der Waals surface area contributed by atoms with Crippen LogP contribution >= 0.6 is 11.6 Å². The highest BCUT2D eigenvalue weighted by Crippen LogP contribution is 2.36. The van der Waals surface area contributed by atoms with E-state index >= 15 is 0 Å². The maximum absolute atomic E-state index is 11.9. The number of nitrogens with two attached hydrogens (primary N) is 1. The van der Waals surface area contributed by atoms with E-state index in [0.717, 1.165) is 0 Å². The first kappa shape index (κ1) is 15.7. The van der Waals surface area contributed by atoms with Crippen molar-refractivity contribution in [2.75, 3.05) is 0 Å². The lowest BCUT2D eigenvalue weighted by Crippen LogP contribution is -2.14. The van der Waals surface area contributed by atoms with Crippen molar-refractivity contribution in [3.05, 3.63) is 59.1 Å². The second-order valence-electron chi connectivity index (χ2n) is 4.98. The van der Waals surface area contributed by atoms with Crippen LogP contribution in [0.2, 0.25) is 5.02 Å². The molecule has 0 amide bonds. The number of sulfonamides is 1. The minimum atomic E-state index is -3.96. The Kier molecular flexibility index (Phi) is 3.97. The number of carbonyl (C=O) groups is 1. The van der Waals surface area contributed by atoms with Gasteiger partial charge in [-0.25, -0.2) is 13.6 Å². The summed E-state index contributed by atoms with van der Waals surface area (Å²) in [7, 11) is -3.96. The second-order valence-corrected chi connectivity index (χ2v) is 6.94. The summed E-state index contributed by atoms with van der Waals surface area (Å²) in [5.74, 6) is -0.0616. The topological polar surface area (TPSA) is 86.5 Å². The molecule has 118 valence electrons. The van der Waals surface area contributed by atoms with Gasteiger partial charge in [-0.15, -0.1) is 0 Å². The molecule has 23 heavy (non-hydrogen) atoms. The highest BCUT2D eigenvalue weighted by Gasteiger charge is 2.24. The van der Waals surface area contributed by atoms with Crippen LogP contribution in [0.5, 0.6) is 0 Å². The molecule has 0 bridgehead atoms. The monoisotopic (exact) mass is 349 g/mol. The number of carbonyl (C=O) groups excluding carboxylic acids is 1. The number of hydrogen-bond acceptors (Lipinski definition) is 4. The van der Waals surface area contributed by atoms with E-state index in [-0.39, 0.29) is 17.3 Å². The van der Waals surface area contributed by atoms with E-state index in [4.69, 9.17) is 21.5 Å². The first-order valence-corrected chi connectivity index (χ1v) is 8.61. The lowest BCUT2D eigenvalue weighted by molar-refractivity contribution is -0.134. The number of ether oxygens (including phenoxy) is 1. The van der Waals surface area contributed by atoms with E-state index in [2.05, 4.69) is 0 Å². The Balaban J connectivity index is 2.29. The zero-order chi connectivity index (χ0) is 16.6. The average Bonchev–Trinajstić information content (AvgIpc) is 2.93. The van der Waals surface area contributed by atoms with Crippen LogP contribution in [0.1, 0.15) is 12.0 Å². The molecule has 0 saturated carbocycles.